The first kappa shape index (κ1) is 15.4. The van der Waals surface area contributed by atoms with Crippen LogP contribution in [0.2, 0.25) is 0 Å². The van der Waals surface area contributed by atoms with Crippen LogP contribution in [0.25, 0.3) is 16.0 Å². The SMILES string of the molecule is COc1cncc(NC(=O)c2cn3c(nc4cc(OC)ccc43)s2)c1. The maximum atomic E-state index is 12.5. The monoisotopic (exact) mass is 354 g/mol. The van der Waals surface area contributed by atoms with Gasteiger partial charge in [0, 0.05) is 18.3 Å². The van der Waals surface area contributed by atoms with Crippen LogP contribution >= 0.6 is 11.3 Å². The fourth-order valence-corrected chi connectivity index (χ4v) is 3.41. The number of carbonyl (C=O) groups excluding carboxylic acids is 1. The predicted molar refractivity (Wildman–Crippen MR) is 95.9 cm³/mol. The van der Waals surface area contributed by atoms with Gasteiger partial charge in [-0.05, 0) is 12.1 Å². The Morgan fingerprint density at radius 3 is 2.80 bits per heavy atom. The van der Waals surface area contributed by atoms with Crippen molar-refractivity contribution in [3.8, 4) is 11.5 Å². The molecule has 0 spiro atoms. The summed E-state index contributed by atoms with van der Waals surface area (Å²) in [5.74, 6) is 1.12. The zero-order valence-corrected chi connectivity index (χ0v) is 14.3. The van der Waals surface area contributed by atoms with Crippen LogP contribution in [0.3, 0.4) is 0 Å². The minimum absolute atomic E-state index is 0.216. The summed E-state index contributed by atoms with van der Waals surface area (Å²) in [5.41, 5.74) is 2.33. The lowest BCUT2D eigenvalue weighted by atomic mass is 10.3. The topological polar surface area (TPSA) is 77.8 Å². The largest absolute Gasteiger partial charge is 0.497 e. The molecule has 1 aromatic carbocycles. The quantitative estimate of drug-likeness (QED) is 0.609. The van der Waals surface area contributed by atoms with Gasteiger partial charge in [0.05, 0.1) is 43.3 Å². The third-order valence-corrected chi connectivity index (χ3v) is 4.72. The van der Waals surface area contributed by atoms with Crippen LogP contribution < -0.4 is 14.8 Å². The summed E-state index contributed by atoms with van der Waals surface area (Å²) in [6.07, 6.45) is 4.93. The second-order valence-corrected chi connectivity index (χ2v) is 6.29. The standard InChI is InChI=1S/C17H14N4O3S/c1-23-11-3-4-14-13(6-11)20-17-21(14)9-15(25-17)16(22)19-10-5-12(24-2)8-18-7-10/h3-9H,1-2H3,(H,19,22). The number of imidazole rings is 1. The molecule has 0 aliphatic rings. The molecule has 4 rings (SSSR count). The predicted octanol–water partition coefficient (Wildman–Crippen LogP) is 3.21. The van der Waals surface area contributed by atoms with Crippen LogP contribution in [0, 0.1) is 0 Å². The molecular formula is C17H14N4O3S. The molecule has 0 bridgehead atoms. The number of nitrogens with zero attached hydrogens (tertiary/aromatic N) is 3. The summed E-state index contributed by atoms with van der Waals surface area (Å²) in [7, 11) is 3.17. The molecule has 25 heavy (non-hydrogen) atoms. The average molecular weight is 354 g/mol. The molecule has 0 aliphatic carbocycles. The number of thiazole rings is 1. The first-order valence-electron chi connectivity index (χ1n) is 7.44. The minimum atomic E-state index is -0.216. The van der Waals surface area contributed by atoms with Gasteiger partial charge in [0.1, 0.15) is 16.4 Å². The molecule has 0 fully saturated rings. The lowest BCUT2D eigenvalue weighted by molar-refractivity contribution is 0.103. The van der Waals surface area contributed by atoms with Gasteiger partial charge in [0.15, 0.2) is 4.96 Å². The van der Waals surface area contributed by atoms with Crippen molar-refractivity contribution in [2.45, 2.75) is 0 Å². The van der Waals surface area contributed by atoms with Crippen LogP contribution in [0.5, 0.6) is 11.5 Å². The van der Waals surface area contributed by atoms with E-state index in [4.69, 9.17) is 9.47 Å². The van der Waals surface area contributed by atoms with E-state index in [1.54, 1.807) is 38.9 Å². The van der Waals surface area contributed by atoms with E-state index in [1.165, 1.54) is 11.3 Å². The van der Waals surface area contributed by atoms with E-state index < -0.39 is 0 Å². The van der Waals surface area contributed by atoms with Crippen molar-refractivity contribution in [1.82, 2.24) is 14.4 Å². The molecule has 4 aromatic rings. The summed E-state index contributed by atoms with van der Waals surface area (Å²) in [4.78, 5) is 22.4. The Morgan fingerprint density at radius 1 is 1.16 bits per heavy atom. The normalized spacial score (nSPS) is 11.0. The zero-order valence-electron chi connectivity index (χ0n) is 13.5. The molecule has 1 N–H and O–H groups in total. The molecule has 1 amide bonds. The van der Waals surface area contributed by atoms with Crippen LogP contribution in [0.4, 0.5) is 5.69 Å². The highest BCUT2D eigenvalue weighted by Crippen LogP contribution is 2.27. The van der Waals surface area contributed by atoms with Gasteiger partial charge in [-0.15, -0.1) is 0 Å². The van der Waals surface area contributed by atoms with Gasteiger partial charge < -0.3 is 14.8 Å². The van der Waals surface area contributed by atoms with Crippen molar-refractivity contribution < 1.29 is 14.3 Å². The van der Waals surface area contributed by atoms with Crippen molar-refractivity contribution in [2.75, 3.05) is 19.5 Å². The third kappa shape index (κ3) is 2.76. The Labute approximate surface area is 146 Å². The second kappa shape index (κ2) is 6.06. The molecular weight excluding hydrogens is 340 g/mol. The third-order valence-electron chi connectivity index (χ3n) is 3.74. The van der Waals surface area contributed by atoms with E-state index in [0.717, 1.165) is 21.7 Å². The number of carbonyl (C=O) groups is 1. The van der Waals surface area contributed by atoms with E-state index in [2.05, 4.69) is 15.3 Å². The molecule has 0 saturated carbocycles. The van der Waals surface area contributed by atoms with Crippen LogP contribution in [-0.2, 0) is 0 Å². The molecule has 3 heterocycles. The van der Waals surface area contributed by atoms with Crippen LogP contribution in [0.15, 0.2) is 42.9 Å². The highest BCUT2D eigenvalue weighted by Gasteiger charge is 2.15. The fourth-order valence-electron chi connectivity index (χ4n) is 2.52. The average Bonchev–Trinajstić information content (AvgIpc) is 3.19. The lowest BCUT2D eigenvalue weighted by Gasteiger charge is -2.04. The maximum absolute atomic E-state index is 12.5. The number of fused-ring (bicyclic) bond motifs is 3. The minimum Gasteiger partial charge on any atom is -0.497 e. The van der Waals surface area contributed by atoms with Gasteiger partial charge >= 0.3 is 0 Å². The van der Waals surface area contributed by atoms with Gasteiger partial charge in [-0.3, -0.25) is 14.2 Å². The molecule has 0 unspecified atom stereocenters. The van der Waals surface area contributed by atoms with Crippen molar-refractivity contribution in [2.24, 2.45) is 0 Å². The molecule has 0 radical (unpaired) electrons. The Bertz CT molecular complexity index is 1090. The second-order valence-electron chi connectivity index (χ2n) is 5.28. The number of hydrogen-bond acceptors (Lipinski definition) is 6. The number of hydrogen-bond donors (Lipinski definition) is 1. The Hall–Kier alpha value is -3.13. The van der Waals surface area contributed by atoms with Crippen molar-refractivity contribution >= 4 is 38.9 Å². The van der Waals surface area contributed by atoms with Crippen molar-refractivity contribution in [3.63, 3.8) is 0 Å². The number of nitrogens with one attached hydrogen (secondary N) is 1. The Kier molecular flexibility index (Phi) is 3.73. The van der Waals surface area contributed by atoms with Gasteiger partial charge in [0.2, 0.25) is 0 Å². The maximum Gasteiger partial charge on any atom is 0.267 e. The van der Waals surface area contributed by atoms with E-state index in [0.29, 0.717) is 16.3 Å². The van der Waals surface area contributed by atoms with Crippen LogP contribution in [0.1, 0.15) is 9.67 Å². The Morgan fingerprint density at radius 2 is 2.00 bits per heavy atom. The number of aromatic nitrogens is 3. The zero-order chi connectivity index (χ0) is 17.4. The van der Waals surface area contributed by atoms with Crippen LogP contribution in [-0.4, -0.2) is 34.5 Å². The van der Waals surface area contributed by atoms with E-state index in [9.17, 15) is 4.79 Å². The number of anilines is 1. The van der Waals surface area contributed by atoms with Gasteiger partial charge in [0.25, 0.3) is 5.91 Å². The van der Waals surface area contributed by atoms with E-state index in [-0.39, 0.29) is 5.91 Å². The fraction of sp³-hybridized carbons (Fsp3) is 0.118. The summed E-state index contributed by atoms with van der Waals surface area (Å²) < 4.78 is 12.2. The first-order chi connectivity index (χ1) is 12.2. The van der Waals surface area contributed by atoms with Gasteiger partial charge in [-0.25, -0.2) is 4.98 Å². The van der Waals surface area contributed by atoms with Crippen molar-refractivity contribution in [3.05, 3.63) is 47.7 Å². The molecule has 0 aliphatic heterocycles. The molecule has 8 heteroatoms. The Balaban J connectivity index is 1.65. The number of rotatable bonds is 4. The highest BCUT2D eigenvalue weighted by molar-refractivity contribution is 7.19. The smallest absolute Gasteiger partial charge is 0.267 e. The molecule has 0 atom stereocenters. The summed E-state index contributed by atoms with van der Waals surface area (Å²) in [6, 6.07) is 7.38. The number of benzene rings is 1. The number of ether oxygens (including phenoxy) is 2. The van der Waals surface area contributed by atoms with E-state index in [1.807, 2.05) is 22.6 Å². The summed E-state index contributed by atoms with van der Waals surface area (Å²) in [6.45, 7) is 0. The van der Waals surface area contributed by atoms with E-state index >= 15 is 0 Å². The lowest BCUT2D eigenvalue weighted by Crippen LogP contribution is -2.10. The van der Waals surface area contributed by atoms with Gasteiger partial charge in [-0.2, -0.15) is 0 Å². The number of pyridine rings is 1. The molecule has 3 aromatic heterocycles. The summed E-state index contributed by atoms with van der Waals surface area (Å²) in [5, 5.41) is 2.82. The highest BCUT2D eigenvalue weighted by atomic mass is 32.1. The number of amides is 1. The number of methoxy groups -OCH3 is 2. The molecule has 126 valence electrons. The summed E-state index contributed by atoms with van der Waals surface area (Å²) >= 11 is 1.32. The van der Waals surface area contributed by atoms with Crippen molar-refractivity contribution in [1.29, 1.82) is 0 Å². The molecule has 7 nitrogen and oxygen atoms in total. The van der Waals surface area contributed by atoms with Gasteiger partial charge in [-0.1, -0.05) is 11.3 Å². The molecule has 0 saturated heterocycles. The first-order valence-corrected chi connectivity index (χ1v) is 8.25.